The molecule has 14 heavy (non-hydrogen) atoms. The number of thiophene rings is 1. The highest BCUT2D eigenvalue weighted by Crippen LogP contribution is 2.34. The summed E-state index contributed by atoms with van der Waals surface area (Å²) in [7, 11) is 1.67. The second kappa shape index (κ2) is 3.59. The van der Waals surface area contributed by atoms with E-state index in [2.05, 4.69) is 0 Å². The molecule has 0 saturated heterocycles. The standard InChI is InChI=1S/C11H12O2S/c1-7-5-10(13-2)8-3-4-14-11(8)9(7)6-12/h3-5,12H,6H2,1-2H3. The van der Waals surface area contributed by atoms with Crippen LogP contribution in [0.2, 0.25) is 0 Å². The lowest BCUT2D eigenvalue weighted by atomic mass is 10.1. The number of aliphatic hydroxyl groups excluding tert-OH is 1. The van der Waals surface area contributed by atoms with Gasteiger partial charge in [-0.3, -0.25) is 0 Å². The fourth-order valence-corrected chi connectivity index (χ4v) is 2.65. The molecule has 1 aromatic carbocycles. The first-order valence-electron chi connectivity index (χ1n) is 4.42. The summed E-state index contributed by atoms with van der Waals surface area (Å²) in [4.78, 5) is 0. The van der Waals surface area contributed by atoms with E-state index in [1.165, 1.54) is 0 Å². The predicted molar refractivity (Wildman–Crippen MR) is 59.0 cm³/mol. The zero-order valence-electron chi connectivity index (χ0n) is 8.20. The lowest BCUT2D eigenvalue weighted by Crippen LogP contribution is -1.91. The highest BCUT2D eigenvalue weighted by molar-refractivity contribution is 7.17. The number of benzene rings is 1. The van der Waals surface area contributed by atoms with Gasteiger partial charge in [-0.1, -0.05) is 0 Å². The van der Waals surface area contributed by atoms with Crippen LogP contribution in [0.1, 0.15) is 11.1 Å². The molecule has 2 rings (SSSR count). The van der Waals surface area contributed by atoms with Crippen molar-refractivity contribution < 1.29 is 9.84 Å². The van der Waals surface area contributed by atoms with E-state index >= 15 is 0 Å². The van der Waals surface area contributed by atoms with E-state index in [9.17, 15) is 5.11 Å². The molecule has 2 nitrogen and oxygen atoms in total. The Bertz CT molecular complexity index is 460. The lowest BCUT2D eigenvalue weighted by molar-refractivity contribution is 0.282. The van der Waals surface area contributed by atoms with Crippen molar-refractivity contribution in [2.45, 2.75) is 13.5 Å². The summed E-state index contributed by atoms with van der Waals surface area (Å²) in [5.41, 5.74) is 2.09. The Morgan fingerprint density at radius 3 is 2.93 bits per heavy atom. The van der Waals surface area contributed by atoms with Crippen molar-refractivity contribution in [3.8, 4) is 5.75 Å². The van der Waals surface area contributed by atoms with Crippen LogP contribution in [0.3, 0.4) is 0 Å². The van der Waals surface area contributed by atoms with E-state index in [-0.39, 0.29) is 6.61 Å². The van der Waals surface area contributed by atoms with E-state index in [4.69, 9.17) is 4.74 Å². The maximum absolute atomic E-state index is 9.26. The van der Waals surface area contributed by atoms with E-state index in [0.717, 1.165) is 27.0 Å². The quantitative estimate of drug-likeness (QED) is 0.822. The predicted octanol–water partition coefficient (Wildman–Crippen LogP) is 2.71. The first-order chi connectivity index (χ1) is 6.77. The fraction of sp³-hybridized carbons (Fsp3) is 0.273. The maximum Gasteiger partial charge on any atom is 0.127 e. The smallest absolute Gasteiger partial charge is 0.127 e. The zero-order chi connectivity index (χ0) is 10.1. The van der Waals surface area contributed by atoms with Gasteiger partial charge in [-0.05, 0) is 35.6 Å². The highest BCUT2D eigenvalue weighted by Gasteiger charge is 2.10. The van der Waals surface area contributed by atoms with Crippen LogP contribution in [0.15, 0.2) is 17.5 Å². The number of aliphatic hydroxyl groups is 1. The Balaban J connectivity index is 2.81. The minimum absolute atomic E-state index is 0.0901. The summed E-state index contributed by atoms with van der Waals surface area (Å²) in [6, 6.07) is 4.00. The van der Waals surface area contributed by atoms with Gasteiger partial charge >= 0.3 is 0 Å². The normalized spacial score (nSPS) is 10.8. The molecule has 1 aromatic heterocycles. The van der Waals surface area contributed by atoms with Crippen LogP contribution in [0.5, 0.6) is 5.75 Å². The van der Waals surface area contributed by atoms with Crippen LogP contribution in [0.25, 0.3) is 10.1 Å². The Morgan fingerprint density at radius 2 is 2.29 bits per heavy atom. The summed E-state index contributed by atoms with van der Waals surface area (Å²) in [6.07, 6.45) is 0. The van der Waals surface area contributed by atoms with Crippen LogP contribution in [0.4, 0.5) is 0 Å². The third-order valence-electron chi connectivity index (χ3n) is 2.41. The Hall–Kier alpha value is -1.06. The van der Waals surface area contributed by atoms with Crippen molar-refractivity contribution >= 4 is 21.4 Å². The molecule has 0 bridgehead atoms. The Labute approximate surface area is 86.8 Å². The first-order valence-corrected chi connectivity index (χ1v) is 5.30. The molecule has 0 amide bonds. The highest BCUT2D eigenvalue weighted by atomic mass is 32.1. The molecule has 0 aliphatic heterocycles. The van der Waals surface area contributed by atoms with Crippen LogP contribution in [-0.4, -0.2) is 12.2 Å². The second-order valence-electron chi connectivity index (χ2n) is 3.20. The van der Waals surface area contributed by atoms with E-state index in [1.807, 2.05) is 24.4 Å². The van der Waals surface area contributed by atoms with Crippen LogP contribution in [0, 0.1) is 6.92 Å². The Morgan fingerprint density at radius 1 is 1.50 bits per heavy atom. The summed E-state index contributed by atoms with van der Waals surface area (Å²) in [5, 5.41) is 12.4. The summed E-state index contributed by atoms with van der Waals surface area (Å²) < 4.78 is 6.42. The third kappa shape index (κ3) is 1.29. The Kier molecular flexibility index (Phi) is 2.44. The molecule has 3 heteroatoms. The molecular weight excluding hydrogens is 196 g/mol. The molecule has 0 spiro atoms. The molecular formula is C11H12O2S. The number of hydrogen-bond donors (Lipinski definition) is 1. The van der Waals surface area contributed by atoms with Gasteiger partial charge in [-0.2, -0.15) is 0 Å². The van der Waals surface area contributed by atoms with Gasteiger partial charge in [0, 0.05) is 10.1 Å². The minimum Gasteiger partial charge on any atom is -0.496 e. The van der Waals surface area contributed by atoms with E-state index in [1.54, 1.807) is 18.4 Å². The number of ether oxygens (including phenoxy) is 1. The van der Waals surface area contributed by atoms with E-state index in [0.29, 0.717) is 0 Å². The van der Waals surface area contributed by atoms with Gasteiger partial charge in [-0.15, -0.1) is 11.3 Å². The topological polar surface area (TPSA) is 29.5 Å². The molecule has 1 N–H and O–H groups in total. The first kappa shape index (κ1) is 9.49. The number of hydrogen-bond acceptors (Lipinski definition) is 3. The average Bonchev–Trinajstić information content (AvgIpc) is 2.65. The molecule has 74 valence electrons. The number of aryl methyl sites for hydroxylation is 1. The van der Waals surface area contributed by atoms with Gasteiger partial charge in [0.05, 0.1) is 13.7 Å². The van der Waals surface area contributed by atoms with Crippen LogP contribution >= 0.6 is 11.3 Å². The van der Waals surface area contributed by atoms with Crippen LogP contribution in [-0.2, 0) is 6.61 Å². The number of rotatable bonds is 2. The van der Waals surface area contributed by atoms with Gasteiger partial charge in [0.25, 0.3) is 0 Å². The summed E-state index contributed by atoms with van der Waals surface area (Å²) >= 11 is 1.64. The molecule has 0 unspecified atom stereocenters. The largest absolute Gasteiger partial charge is 0.496 e. The molecule has 0 radical (unpaired) electrons. The van der Waals surface area contributed by atoms with Gasteiger partial charge in [-0.25, -0.2) is 0 Å². The summed E-state index contributed by atoms with van der Waals surface area (Å²) in [5.74, 6) is 0.885. The maximum atomic E-state index is 9.26. The number of methoxy groups -OCH3 is 1. The third-order valence-corrected chi connectivity index (χ3v) is 3.38. The second-order valence-corrected chi connectivity index (χ2v) is 4.11. The zero-order valence-corrected chi connectivity index (χ0v) is 9.02. The average molecular weight is 208 g/mol. The van der Waals surface area contributed by atoms with Crippen molar-refractivity contribution in [3.63, 3.8) is 0 Å². The SMILES string of the molecule is COc1cc(C)c(CO)c2sccc12. The monoisotopic (exact) mass is 208 g/mol. The lowest BCUT2D eigenvalue weighted by Gasteiger charge is -2.08. The summed E-state index contributed by atoms with van der Waals surface area (Å²) in [6.45, 7) is 2.08. The van der Waals surface area contributed by atoms with Crippen molar-refractivity contribution in [1.82, 2.24) is 0 Å². The molecule has 2 aromatic rings. The van der Waals surface area contributed by atoms with Gasteiger partial charge < -0.3 is 9.84 Å². The van der Waals surface area contributed by atoms with Crippen molar-refractivity contribution in [2.75, 3.05) is 7.11 Å². The van der Waals surface area contributed by atoms with Crippen molar-refractivity contribution in [2.24, 2.45) is 0 Å². The number of fused-ring (bicyclic) bond motifs is 1. The van der Waals surface area contributed by atoms with Crippen LogP contribution < -0.4 is 4.74 Å². The van der Waals surface area contributed by atoms with Gasteiger partial charge in [0.1, 0.15) is 5.75 Å². The molecule has 0 saturated carbocycles. The molecule has 0 aliphatic rings. The molecule has 0 fully saturated rings. The fourth-order valence-electron chi connectivity index (χ4n) is 1.64. The minimum atomic E-state index is 0.0901. The van der Waals surface area contributed by atoms with Crippen molar-refractivity contribution in [1.29, 1.82) is 0 Å². The van der Waals surface area contributed by atoms with Gasteiger partial charge in [0.2, 0.25) is 0 Å². The molecule has 0 atom stereocenters. The van der Waals surface area contributed by atoms with Crippen molar-refractivity contribution in [3.05, 3.63) is 28.6 Å². The van der Waals surface area contributed by atoms with E-state index < -0.39 is 0 Å². The van der Waals surface area contributed by atoms with Gasteiger partial charge in [0.15, 0.2) is 0 Å². The molecule has 0 aliphatic carbocycles. The molecule has 1 heterocycles.